The van der Waals surface area contributed by atoms with Gasteiger partial charge in [0.15, 0.2) is 0 Å². The van der Waals surface area contributed by atoms with Crippen LogP contribution >= 0.6 is 11.3 Å². The van der Waals surface area contributed by atoms with Crippen LogP contribution in [0.2, 0.25) is 0 Å². The maximum atomic E-state index is 12.0. The lowest BCUT2D eigenvalue weighted by atomic mass is 9.96. The van der Waals surface area contributed by atoms with Crippen LogP contribution in [-0.2, 0) is 17.8 Å². The molecule has 0 saturated heterocycles. The van der Waals surface area contributed by atoms with Crippen LogP contribution in [-0.4, -0.2) is 17.4 Å². The third-order valence-corrected chi connectivity index (χ3v) is 3.87. The van der Waals surface area contributed by atoms with E-state index in [-0.39, 0.29) is 11.3 Å². The minimum absolute atomic E-state index is 0.0684. The van der Waals surface area contributed by atoms with E-state index in [1.165, 1.54) is 10.4 Å². The number of hydrogen-bond donors (Lipinski definition) is 0. The molecule has 0 aromatic carbocycles. The summed E-state index contributed by atoms with van der Waals surface area (Å²) in [6, 6.07) is 2.13. The zero-order chi connectivity index (χ0) is 12.5. The summed E-state index contributed by atoms with van der Waals surface area (Å²) in [6.07, 6.45) is 4.71. The van der Waals surface area contributed by atoms with E-state index >= 15 is 0 Å². The Hall–Kier alpha value is -1.09. The molecule has 0 N–H and O–H groups in total. The number of rotatable bonds is 1. The van der Waals surface area contributed by atoms with Gasteiger partial charge in [-0.15, -0.1) is 11.3 Å². The third-order valence-electron chi connectivity index (χ3n) is 2.85. The molecule has 17 heavy (non-hydrogen) atoms. The first-order chi connectivity index (χ1) is 7.96. The zero-order valence-corrected chi connectivity index (χ0v) is 11.5. The summed E-state index contributed by atoms with van der Waals surface area (Å²) in [7, 11) is 0. The van der Waals surface area contributed by atoms with Crippen molar-refractivity contribution in [3.8, 4) is 0 Å². The molecule has 1 aromatic heterocycles. The van der Waals surface area contributed by atoms with E-state index < -0.39 is 0 Å². The number of carbonyl (C=O) groups excluding carboxylic acids is 1. The summed E-state index contributed by atoms with van der Waals surface area (Å²) in [4.78, 5) is 15.4. The highest BCUT2D eigenvalue weighted by atomic mass is 32.1. The van der Waals surface area contributed by atoms with Crippen molar-refractivity contribution in [2.45, 2.75) is 33.7 Å². The predicted molar refractivity (Wildman–Crippen MR) is 72.0 cm³/mol. The van der Waals surface area contributed by atoms with Crippen molar-refractivity contribution >= 4 is 17.2 Å². The van der Waals surface area contributed by atoms with Crippen LogP contribution in [0.3, 0.4) is 0 Å². The summed E-state index contributed by atoms with van der Waals surface area (Å²) in [5, 5.41) is 2.11. The van der Waals surface area contributed by atoms with Gasteiger partial charge in [-0.2, -0.15) is 0 Å². The number of carbonyl (C=O) groups is 1. The Kier molecular flexibility index (Phi) is 3.38. The van der Waals surface area contributed by atoms with Gasteiger partial charge < -0.3 is 4.90 Å². The summed E-state index contributed by atoms with van der Waals surface area (Å²) in [6.45, 7) is 7.92. The van der Waals surface area contributed by atoms with Crippen molar-refractivity contribution in [2.75, 3.05) is 6.54 Å². The van der Waals surface area contributed by atoms with Crippen molar-refractivity contribution in [3.05, 3.63) is 34.0 Å². The lowest BCUT2D eigenvalue weighted by Gasteiger charge is -2.26. The largest absolute Gasteiger partial charge is 0.334 e. The number of amides is 1. The normalized spacial score (nSPS) is 16.3. The maximum absolute atomic E-state index is 12.0. The number of thiophene rings is 1. The van der Waals surface area contributed by atoms with E-state index in [4.69, 9.17) is 0 Å². The van der Waals surface area contributed by atoms with Gasteiger partial charge in [0.2, 0.25) is 5.91 Å². The van der Waals surface area contributed by atoms with Gasteiger partial charge in [0.05, 0.1) is 0 Å². The first-order valence-corrected chi connectivity index (χ1v) is 6.87. The molecule has 0 bridgehead atoms. The van der Waals surface area contributed by atoms with Crippen LogP contribution in [0.15, 0.2) is 23.6 Å². The van der Waals surface area contributed by atoms with Crippen molar-refractivity contribution < 1.29 is 4.79 Å². The molecule has 0 spiro atoms. The quantitative estimate of drug-likeness (QED) is 0.700. The molecular weight excluding hydrogens is 230 g/mol. The first kappa shape index (κ1) is 12.4. The predicted octanol–water partition coefficient (Wildman–Crippen LogP) is 3.24. The fourth-order valence-electron chi connectivity index (χ4n) is 1.86. The molecule has 1 aromatic rings. The molecule has 0 atom stereocenters. The van der Waals surface area contributed by atoms with Gasteiger partial charge >= 0.3 is 0 Å². The standard InChI is InChI=1S/C14H19NOS/c1-14(2,3)7-4-13(16)15-8-5-12-11(10-15)6-9-17-12/h4,6-7,9H,5,8,10H2,1-3H3/b7-4+. The van der Waals surface area contributed by atoms with E-state index in [0.29, 0.717) is 0 Å². The summed E-state index contributed by atoms with van der Waals surface area (Å²) in [5.41, 5.74) is 1.39. The number of nitrogens with zero attached hydrogens (tertiary/aromatic N) is 1. The second-order valence-electron chi connectivity index (χ2n) is 5.58. The van der Waals surface area contributed by atoms with Gasteiger partial charge in [0.25, 0.3) is 0 Å². The Balaban J connectivity index is 2.01. The molecule has 1 aliphatic rings. The SMILES string of the molecule is CC(C)(C)/C=C/C(=O)N1CCc2sccc2C1. The Morgan fingerprint density at radius 3 is 2.94 bits per heavy atom. The molecule has 0 aliphatic carbocycles. The summed E-state index contributed by atoms with van der Waals surface area (Å²) >= 11 is 1.80. The van der Waals surface area contributed by atoms with Crippen LogP contribution in [0.25, 0.3) is 0 Å². The maximum Gasteiger partial charge on any atom is 0.246 e. The van der Waals surface area contributed by atoms with Gasteiger partial charge in [0, 0.05) is 18.0 Å². The van der Waals surface area contributed by atoms with Gasteiger partial charge in [-0.1, -0.05) is 26.8 Å². The Bertz CT molecular complexity index is 439. The molecule has 1 amide bonds. The molecule has 2 heterocycles. The molecule has 2 rings (SSSR count). The van der Waals surface area contributed by atoms with Crippen molar-refractivity contribution in [3.63, 3.8) is 0 Å². The number of hydrogen-bond acceptors (Lipinski definition) is 2. The number of allylic oxidation sites excluding steroid dienone is 1. The topological polar surface area (TPSA) is 20.3 Å². The van der Waals surface area contributed by atoms with Crippen LogP contribution in [0.4, 0.5) is 0 Å². The van der Waals surface area contributed by atoms with E-state index in [1.807, 2.05) is 11.0 Å². The van der Waals surface area contributed by atoms with Crippen molar-refractivity contribution in [1.82, 2.24) is 4.90 Å². The monoisotopic (exact) mass is 249 g/mol. The second kappa shape index (κ2) is 4.65. The average molecular weight is 249 g/mol. The van der Waals surface area contributed by atoms with Crippen molar-refractivity contribution in [2.24, 2.45) is 5.41 Å². The molecule has 92 valence electrons. The summed E-state index contributed by atoms with van der Waals surface area (Å²) < 4.78 is 0. The smallest absolute Gasteiger partial charge is 0.246 e. The molecular formula is C14H19NOS. The molecule has 0 saturated carbocycles. The Labute approximate surface area is 107 Å². The van der Waals surface area contributed by atoms with E-state index in [9.17, 15) is 4.79 Å². The average Bonchev–Trinajstić information content (AvgIpc) is 2.71. The van der Waals surface area contributed by atoms with E-state index in [2.05, 4.69) is 32.2 Å². The number of fused-ring (bicyclic) bond motifs is 1. The highest BCUT2D eigenvalue weighted by Crippen LogP contribution is 2.24. The zero-order valence-electron chi connectivity index (χ0n) is 10.7. The Morgan fingerprint density at radius 2 is 2.24 bits per heavy atom. The highest BCUT2D eigenvalue weighted by molar-refractivity contribution is 7.10. The third kappa shape index (κ3) is 3.19. The molecule has 3 heteroatoms. The fourth-order valence-corrected chi connectivity index (χ4v) is 2.75. The summed E-state index contributed by atoms with van der Waals surface area (Å²) in [5.74, 6) is 0.136. The van der Waals surface area contributed by atoms with Gasteiger partial charge in [0.1, 0.15) is 0 Å². The molecule has 0 fully saturated rings. The van der Waals surface area contributed by atoms with Crippen LogP contribution in [0.5, 0.6) is 0 Å². The lowest BCUT2D eigenvalue weighted by molar-refractivity contribution is -0.126. The minimum Gasteiger partial charge on any atom is -0.334 e. The van der Waals surface area contributed by atoms with E-state index in [1.54, 1.807) is 17.4 Å². The van der Waals surface area contributed by atoms with Gasteiger partial charge in [-0.05, 0) is 34.9 Å². The van der Waals surface area contributed by atoms with Crippen molar-refractivity contribution in [1.29, 1.82) is 0 Å². The van der Waals surface area contributed by atoms with Crippen LogP contribution in [0, 0.1) is 5.41 Å². The van der Waals surface area contributed by atoms with E-state index in [0.717, 1.165) is 19.5 Å². The van der Waals surface area contributed by atoms with Crippen LogP contribution < -0.4 is 0 Å². The van der Waals surface area contributed by atoms with Crippen LogP contribution in [0.1, 0.15) is 31.2 Å². The van der Waals surface area contributed by atoms with Gasteiger partial charge in [-0.3, -0.25) is 4.79 Å². The first-order valence-electron chi connectivity index (χ1n) is 5.99. The molecule has 0 unspecified atom stereocenters. The highest BCUT2D eigenvalue weighted by Gasteiger charge is 2.20. The minimum atomic E-state index is 0.0684. The lowest BCUT2D eigenvalue weighted by Crippen LogP contribution is -2.34. The molecule has 2 nitrogen and oxygen atoms in total. The Morgan fingerprint density at radius 1 is 1.47 bits per heavy atom. The fraction of sp³-hybridized carbons (Fsp3) is 0.500. The van der Waals surface area contributed by atoms with Gasteiger partial charge in [-0.25, -0.2) is 0 Å². The molecule has 1 aliphatic heterocycles. The second-order valence-corrected chi connectivity index (χ2v) is 6.58. The molecule has 0 radical (unpaired) electrons.